The molecule has 1 aromatic carbocycles. The number of rotatable bonds is 7. The maximum Gasteiger partial charge on any atom is 0.253 e. The maximum absolute atomic E-state index is 13.1. The van der Waals surface area contributed by atoms with E-state index in [0.29, 0.717) is 11.1 Å². The fourth-order valence-corrected chi connectivity index (χ4v) is 2.45. The van der Waals surface area contributed by atoms with Gasteiger partial charge >= 0.3 is 0 Å². The zero-order valence-corrected chi connectivity index (χ0v) is 14.8. The lowest BCUT2D eigenvalue weighted by atomic mass is 10.0. The summed E-state index contributed by atoms with van der Waals surface area (Å²) in [6.07, 6.45) is -1.30. The molecular weight excluding hydrogens is 378 g/mol. The highest BCUT2D eigenvalue weighted by Gasteiger charge is 2.25. The molecule has 1 aromatic rings. The number of nitrogens with one attached hydrogen (secondary N) is 3. The lowest BCUT2D eigenvalue weighted by molar-refractivity contribution is -0.121. The average molecular weight is 395 g/mol. The molecule has 132 valence electrons. The number of carbonyl (C=O) groups is 1. The first-order chi connectivity index (χ1) is 11.3. The van der Waals surface area contributed by atoms with Crippen molar-refractivity contribution in [3.05, 3.63) is 35.4 Å². The number of amides is 1. The summed E-state index contributed by atoms with van der Waals surface area (Å²) < 4.78 is 13.1. The van der Waals surface area contributed by atoms with Gasteiger partial charge in [0.05, 0.1) is 11.1 Å². The molecule has 0 aliphatic rings. The van der Waals surface area contributed by atoms with Crippen molar-refractivity contribution in [2.75, 3.05) is 13.2 Å². The van der Waals surface area contributed by atoms with Gasteiger partial charge in [0.25, 0.3) is 5.91 Å². The second-order valence-electron chi connectivity index (χ2n) is 4.70. The first-order valence-electron chi connectivity index (χ1n) is 6.77. The summed E-state index contributed by atoms with van der Waals surface area (Å²) in [5.41, 5.74) is 6.19. The molecule has 0 spiro atoms. The molecule has 0 aliphatic carbocycles. The molecule has 1 amide bonds. The molecule has 24 heavy (non-hydrogen) atoms. The Bertz CT molecular complexity index is 601. The average Bonchev–Trinajstić information content (AvgIpc) is 2.58. The summed E-state index contributed by atoms with van der Waals surface area (Å²) in [6.45, 7) is -0.960. The topological polar surface area (TPSA) is 123 Å². The van der Waals surface area contributed by atoms with Crippen molar-refractivity contribution in [3.8, 4) is 0 Å². The van der Waals surface area contributed by atoms with Crippen LogP contribution in [0.2, 0.25) is 0 Å². The quantitative estimate of drug-likeness (QED) is 0.275. The molecule has 0 saturated heterocycles. The van der Waals surface area contributed by atoms with E-state index in [1.165, 1.54) is 12.1 Å². The highest BCUT2D eigenvalue weighted by Crippen LogP contribution is 2.21. The molecule has 0 fully saturated rings. The van der Waals surface area contributed by atoms with Crippen molar-refractivity contribution in [2.24, 2.45) is 5.73 Å². The SMILES string of the molecule is N=C(CN)SC(=N)c1ccc(C(O)C(CF)NC(=O)C(Cl)Cl)cc1. The lowest BCUT2D eigenvalue weighted by Crippen LogP contribution is -2.43. The number of nitrogens with two attached hydrogens (primary N) is 1. The van der Waals surface area contributed by atoms with Crippen LogP contribution in [-0.4, -0.2) is 45.2 Å². The van der Waals surface area contributed by atoms with E-state index >= 15 is 0 Å². The number of carbonyl (C=O) groups excluding carboxylic acids is 1. The molecule has 6 N–H and O–H groups in total. The van der Waals surface area contributed by atoms with E-state index in [-0.39, 0.29) is 16.6 Å². The number of aliphatic hydroxyl groups excluding tert-OH is 1. The number of benzene rings is 1. The van der Waals surface area contributed by atoms with Gasteiger partial charge in [0, 0.05) is 12.1 Å². The Morgan fingerprint density at radius 2 is 1.92 bits per heavy atom. The molecule has 1 rings (SSSR count). The summed E-state index contributed by atoms with van der Waals surface area (Å²) in [7, 11) is 0. The smallest absolute Gasteiger partial charge is 0.253 e. The Kier molecular flexibility index (Phi) is 8.65. The van der Waals surface area contributed by atoms with Crippen molar-refractivity contribution >= 4 is 51.0 Å². The molecule has 0 aromatic heterocycles. The fraction of sp³-hybridized carbons (Fsp3) is 0.357. The number of thioether (sulfide) groups is 1. The minimum atomic E-state index is -1.36. The van der Waals surface area contributed by atoms with Gasteiger partial charge in [-0.25, -0.2) is 4.39 Å². The van der Waals surface area contributed by atoms with Crippen molar-refractivity contribution in [1.29, 1.82) is 10.8 Å². The van der Waals surface area contributed by atoms with Gasteiger partial charge in [0.15, 0.2) is 4.84 Å². The third-order valence-corrected chi connectivity index (χ3v) is 4.25. The van der Waals surface area contributed by atoms with E-state index in [4.69, 9.17) is 39.8 Å². The molecule has 2 atom stereocenters. The van der Waals surface area contributed by atoms with Crippen molar-refractivity contribution in [3.63, 3.8) is 0 Å². The van der Waals surface area contributed by atoms with Crippen molar-refractivity contribution < 1.29 is 14.3 Å². The molecule has 0 saturated carbocycles. The normalized spacial score (nSPS) is 13.4. The highest BCUT2D eigenvalue weighted by molar-refractivity contribution is 8.26. The van der Waals surface area contributed by atoms with Gasteiger partial charge in [-0.2, -0.15) is 0 Å². The lowest BCUT2D eigenvalue weighted by Gasteiger charge is -2.22. The largest absolute Gasteiger partial charge is 0.386 e. The summed E-state index contributed by atoms with van der Waals surface area (Å²) in [5, 5.41) is 28.0. The molecule has 0 radical (unpaired) electrons. The predicted molar refractivity (Wildman–Crippen MR) is 96.0 cm³/mol. The van der Waals surface area contributed by atoms with Crippen LogP contribution in [-0.2, 0) is 4.79 Å². The van der Waals surface area contributed by atoms with Gasteiger partial charge < -0.3 is 16.2 Å². The summed E-state index contributed by atoms with van der Waals surface area (Å²) >= 11 is 11.7. The van der Waals surface area contributed by atoms with E-state index in [1.807, 2.05) is 0 Å². The Labute approximate surface area is 152 Å². The third-order valence-electron chi connectivity index (χ3n) is 3.00. The monoisotopic (exact) mass is 394 g/mol. The fourth-order valence-electron chi connectivity index (χ4n) is 1.74. The Morgan fingerprint density at radius 1 is 1.33 bits per heavy atom. The van der Waals surface area contributed by atoms with Gasteiger partial charge in [0.1, 0.15) is 17.8 Å². The van der Waals surface area contributed by atoms with Gasteiger partial charge in [-0.3, -0.25) is 15.6 Å². The van der Waals surface area contributed by atoms with Gasteiger partial charge in [-0.1, -0.05) is 59.2 Å². The Balaban J connectivity index is 2.81. The van der Waals surface area contributed by atoms with E-state index < -0.39 is 29.6 Å². The zero-order chi connectivity index (χ0) is 18.3. The highest BCUT2D eigenvalue weighted by atomic mass is 35.5. The van der Waals surface area contributed by atoms with E-state index in [2.05, 4.69) is 5.32 Å². The van der Waals surface area contributed by atoms with Crippen LogP contribution in [0.3, 0.4) is 0 Å². The van der Waals surface area contributed by atoms with Gasteiger partial charge in [-0.15, -0.1) is 0 Å². The van der Waals surface area contributed by atoms with Crippen LogP contribution in [0, 0.1) is 10.8 Å². The molecule has 0 bridgehead atoms. The number of hydrogen-bond donors (Lipinski definition) is 5. The van der Waals surface area contributed by atoms with Crippen LogP contribution in [0.25, 0.3) is 0 Å². The van der Waals surface area contributed by atoms with Crippen molar-refractivity contribution in [1.82, 2.24) is 5.32 Å². The third kappa shape index (κ3) is 6.03. The molecule has 0 aliphatic heterocycles. The van der Waals surface area contributed by atoms with Crippen LogP contribution >= 0.6 is 35.0 Å². The van der Waals surface area contributed by atoms with Crippen LogP contribution < -0.4 is 11.1 Å². The van der Waals surface area contributed by atoms with Crippen LogP contribution in [0.4, 0.5) is 4.39 Å². The van der Waals surface area contributed by atoms with Crippen LogP contribution in [0.5, 0.6) is 0 Å². The summed E-state index contributed by atoms with van der Waals surface area (Å²) in [5.74, 6) is -0.796. The maximum atomic E-state index is 13.1. The van der Waals surface area contributed by atoms with E-state index in [9.17, 15) is 14.3 Å². The van der Waals surface area contributed by atoms with Crippen LogP contribution in [0.15, 0.2) is 24.3 Å². The van der Waals surface area contributed by atoms with Crippen molar-refractivity contribution in [2.45, 2.75) is 17.0 Å². The summed E-state index contributed by atoms with van der Waals surface area (Å²) in [4.78, 5) is 10.1. The number of halogens is 3. The molecule has 0 heterocycles. The first-order valence-corrected chi connectivity index (χ1v) is 8.45. The molecule has 2 unspecified atom stereocenters. The van der Waals surface area contributed by atoms with E-state index in [1.54, 1.807) is 12.1 Å². The number of hydrogen-bond acceptors (Lipinski definition) is 6. The minimum Gasteiger partial charge on any atom is -0.386 e. The predicted octanol–water partition coefficient (Wildman–Crippen LogP) is 1.97. The summed E-state index contributed by atoms with van der Waals surface area (Å²) in [6, 6.07) is 4.94. The number of aliphatic hydroxyl groups is 1. The molecular formula is C14H17Cl2FN4O2S. The van der Waals surface area contributed by atoms with Crippen LogP contribution in [0.1, 0.15) is 17.2 Å². The molecule has 6 nitrogen and oxygen atoms in total. The van der Waals surface area contributed by atoms with Gasteiger partial charge in [0.2, 0.25) is 0 Å². The number of alkyl halides is 3. The zero-order valence-electron chi connectivity index (χ0n) is 12.4. The second kappa shape index (κ2) is 9.95. The van der Waals surface area contributed by atoms with E-state index in [0.717, 1.165) is 11.8 Å². The van der Waals surface area contributed by atoms with Gasteiger partial charge in [-0.05, 0) is 5.56 Å². The molecule has 10 heteroatoms. The standard InChI is InChI=1S/C14H17Cl2FN4O2S/c15-12(16)14(23)21-9(5-17)11(22)7-1-3-8(4-2-7)13(20)24-10(19)6-18/h1-4,9,11-12,19-20,22H,5-6,18H2,(H,21,23). The Morgan fingerprint density at radius 3 is 2.38 bits per heavy atom. The second-order valence-corrected chi connectivity index (χ2v) is 6.90. The Hall–Kier alpha value is -1.19. The first kappa shape index (κ1) is 20.9. The minimum absolute atomic E-state index is 0.0455.